The van der Waals surface area contributed by atoms with Crippen LogP contribution in [0.3, 0.4) is 0 Å². The topological polar surface area (TPSA) is 50.2 Å². The fraction of sp³-hybridized carbons (Fsp3) is 0.0769. The molecule has 1 N–H and O–H groups in total. The third kappa shape index (κ3) is 1.48. The Hall–Kier alpha value is -2.56. The Morgan fingerprint density at radius 2 is 2.11 bits per heavy atom. The first-order valence-electron chi connectivity index (χ1n) is 5.55. The zero-order valence-corrected chi connectivity index (χ0v) is 9.92. The molecule has 3 rings (SSSR count). The van der Waals surface area contributed by atoms with Gasteiger partial charge in [0.25, 0.3) is 0 Å². The van der Waals surface area contributed by atoms with Crippen LogP contribution in [0, 0.1) is 0 Å². The van der Waals surface area contributed by atoms with E-state index >= 15 is 0 Å². The Morgan fingerprint density at radius 3 is 2.83 bits per heavy atom. The number of imidazole rings is 1. The molecule has 0 radical (unpaired) electrons. The molecule has 18 heavy (non-hydrogen) atoms. The Balaban J connectivity index is 2.15. The van der Waals surface area contributed by atoms with Crippen molar-refractivity contribution in [2.24, 2.45) is 7.05 Å². The van der Waals surface area contributed by atoms with Crippen molar-refractivity contribution in [1.82, 2.24) is 14.9 Å². The van der Waals surface area contributed by atoms with E-state index in [1.54, 1.807) is 12.3 Å². The third-order valence-corrected chi connectivity index (χ3v) is 2.89. The number of hydrogen-bond acceptors (Lipinski definition) is 2. The van der Waals surface area contributed by atoms with Gasteiger partial charge in [-0.05, 0) is 18.2 Å². The number of rotatable bonds is 1. The van der Waals surface area contributed by atoms with Crippen molar-refractivity contribution in [3.8, 4) is 0 Å². The van der Waals surface area contributed by atoms with E-state index in [1.165, 1.54) is 4.90 Å². The number of allylic oxidation sites excluding steroid dienone is 1. The van der Waals surface area contributed by atoms with E-state index < -0.39 is 0 Å². The number of aryl methyl sites for hydroxylation is 1. The minimum atomic E-state index is -0.249. The molecule has 0 fully saturated rings. The van der Waals surface area contributed by atoms with E-state index in [0.717, 1.165) is 11.0 Å². The summed E-state index contributed by atoms with van der Waals surface area (Å²) in [6.45, 7) is 3.69. The second kappa shape index (κ2) is 3.73. The first-order chi connectivity index (χ1) is 8.66. The number of benzene rings is 1. The molecule has 0 saturated carbocycles. The molecule has 2 amide bonds. The fourth-order valence-corrected chi connectivity index (χ4v) is 1.98. The maximum Gasteiger partial charge on any atom is 0.332 e. The number of fused-ring (bicyclic) bond motifs is 1. The summed E-state index contributed by atoms with van der Waals surface area (Å²) in [4.78, 5) is 17.8. The van der Waals surface area contributed by atoms with Gasteiger partial charge < -0.3 is 9.88 Å². The highest BCUT2D eigenvalue weighted by Gasteiger charge is 2.22. The predicted octanol–water partition coefficient (Wildman–Crippen LogP) is 2.13. The Bertz CT molecular complexity index is 683. The lowest BCUT2D eigenvalue weighted by Gasteiger charge is -2.22. The van der Waals surface area contributed by atoms with Crippen LogP contribution in [0.15, 0.2) is 48.8 Å². The zero-order valence-electron chi connectivity index (χ0n) is 9.92. The number of carbonyl (C=O) groups excluding carboxylic acids is 1. The number of urea groups is 1. The van der Waals surface area contributed by atoms with Crippen molar-refractivity contribution in [1.29, 1.82) is 0 Å². The molecule has 0 atom stereocenters. The highest BCUT2D eigenvalue weighted by atomic mass is 16.2. The lowest BCUT2D eigenvalue weighted by molar-refractivity contribution is 0.250. The van der Waals surface area contributed by atoms with Crippen molar-refractivity contribution >= 4 is 23.0 Å². The van der Waals surface area contributed by atoms with E-state index in [0.29, 0.717) is 11.6 Å². The zero-order chi connectivity index (χ0) is 12.7. The van der Waals surface area contributed by atoms with Crippen LogP contribution in [0.25, 0.3) is 11.0 Å². The van der Waals surface area contributed by atoms with Gasteiger partial charge in [0.1, 0.15) is 0 Å². The smallest absolute Gasteiger partial charge is 0.313 e. The minimum Gasteiger partial charge on any atom is -0.313 e. The van der Waals surface area contributed by atoms with Crippen LogP contribution < -0.4 is 10.2 Å². The first-order valence-corrected chi connectivity index (χ1v) is 5.55. The van der Waals surface area contributed by atoms with Crippen molar-refractivity contribution in [2.75, 3.05) is 4.90 Å². The van der Waals surface area contributed by atoms with Crippen LogP contribution in [0.4, 0.5) is 10.7 Å². The van der Waals surface area contributed by atoms with E-state index in [1.807, 2.05) is 35.9 Å². The fourth-order valence-electron chi connectivity index (χ4n) is 1.98. The highest BCUT2D eigenvalue weighted by molar-refractivity contribution is 5.96. The maximum atomic E-state index is 11.9. The van der Waals surface area contributed by atoms with Gasteiger partial charge in [-0.15, -0.1) is 0 Å². The number of carbonyl (C=O) groups is 1. The summed E-state index contributed by atoms with van der Waals surface area (Å²) in [6, 6.07) is 7.51. The molecule has 5 nitrogen and oxygen atoms in total. The van der Waals surface area contributed by atoms with Crippen LogP contribution in [0.5, 0.6) is 0 Å². The first kappa shape index (κ1) is 10.6. The van der Waals surface area contributed by atoms with Gasteiger partial charge in [0, 0.05) is 18.9 Å². The van der Waals surface area contributed by atoms with Gasteiger partial charge in [-0.1, -0.05) is 18.7 Å². The van der Waals surface area contributed by atoms with E-state index in [-0.39, 0.29) is 6.03 Å². The number of amides is 2. The largest absolute Gasteiger partial charge is 0.332 e. The predicted molar refractivity (Wildman–Crippen MR) is 70.0 cm³/mol. The summed E-state index contributed by atoms with van der Waals surface area (Å²) in [7, 11) is 1.88. The minimum absolute atomic E-state index is 0.249. The van der Waals surface area contributed by atoms with Crippen LogP contribution in [-0.2, 0) is 7.05 Å². The number of aromatic nitrogens is 2. The summed E-state index contributed by atoms with van der Waals surface area (Å²) in [5.74, 6) is 0.581. The Kier molecular flexibility index (Phi) is 2.19. The standard InChI is InChI=1S/C13H12N4O/c1-9-7-8-17(13(18)14-9)12-15-10-5-3-4-6-11(10)16(12)2/h3-8H,1H2,2H3,(H,14,18). The Labute approximate surface area is 104 Å². The van der Waals surface area contributed by atoms with Gasteiger partial charge in [0.05, 0.1) is 11.0 Å². The molecular formula is C13H12N4O. The van der Waals surface area contributed by atoms with Crippen molar-refractivity contribution in [3.63, 3.8) is 0 Å². The van der Waals surface area contributed by atoms with Crippen LogP contribution in [-0.4, -0.2) is 15.6 Å². The number of nitrogens with zero attached hydrogens (tertiary/aromatic N) is 3. The molecule has 0 bridgehead atoms. The number of para-hydroxylation sites is 2. The molecule has 2 aromatic rings. The summed E-state index contributed by atoms with van der Waals surface area (Å²) < 4.78 is 1.88. The lowest BCUT2D eigenvalue weighted by Crippen LogP contribution is -2.39. The number of nitrogens with one attached hydrogen (secondary N) is 1. The molecule has 5 heteroatoms. The molecule has 1 aromatic carbocycles. The molecule has 0 aliphatic carbocycles. The second-order valence-electron chi connectivity index (χ2n) is 4.10. The summed E-state index contributed by atoms with van der Waals surface area (Å²) in [6.07, 6.45) is 3.41. The number of anilines is 1. The second-order valence-corrected chi connectivity index (χ2v) is 4.10. The van der Waals surface area contributed by atoms with Gasteiger partial charge in [0.2, 0.25) is 5.95 Å². The monoisotopic (exact) mass is 240 g/mol. The summed E-state index contributed by atoms with van der Waals surface area (Å²) >= 11 is 0. The molecule has 0 unspecified atom stereocenters. The molecular weight excluding hydrogens is 228 g/mol. The molecule has 1 aliphatic rings. The van der Waals surface area contributed by atoms with Gasteiger partial charge in [-0.2, -0.15) is 0 Å². The SMILES string of the molecule is C=C1C=CN(c2nc3ccccc3n2C)C(=O)N1. The normalized spacial score (nSPS) is 15.3. The van der Waals surface area contributed by atoms with Crippen LogP contribution in [0.1, 0.15) is 0 Å². The average Bonchev–Trinajstić information content (AvgIpc) is 2.68. The highest BCUT2D eigenvalue weighted by Crippen LogP contribution is 2.22. The maximum absolute atomic E-state index is 11.9. The lowest BCUT2D eigenvalue weighted by atomic mass is 10.3. The average molecular weight is 240 g/mol. The molecule has 2 heterocycles. The van der Waals surface area contributed by atoms with Gasteiger partial charge in [0.15, 0.2) is 0 Å². The van der Waals surface area contributed by atoms with E-state index in [9.17, 15) is 4.79 Å². The third-order valence-electron chi connectivity index (χ3n) is 2.89. The number of hydrogen-bond donors (Lipinski definition) is 1. The van der Waals surface area contributed by atoms with Crippen molar-refractivity contribution in [2.45, 2.75) is 0 Å². The molecule has 0 saturated heterocycles. The summed E-state index contributed by atoms with van der Waals surface area (Å²) in [5, 5.41) is 2.65. The van der Waals surface area contributed by atoms with Crippen molar-refractivity contribution in [3.05, 3.63) is 48.8 Å². The Morgan fingerprint density at radius 1 is 1.33 bits per heavy atom. The molecule has 1 aliphatic heterocycles. The van der Waals surface area contributed by atoms with Crippen LogP contribution in [0.2, 0.25) is 0 Å². The quantitative estimate of drug-likeness (QED) is 0.830. The van der Waals surface area contributed by atoms with E-state index in [4.69, 9.17) is 0 Å². The van der Waals surface area contributed by atoms with Gasteiger partial charge in [-0.3, -0.25) is 0 Å². The van der Waals surface area contributed by atoms with Gasteiger partial charge >= 0.3 is 6.03 Å². The summed E-state index contributed by atoms with van der Waals surface area (Å²) in [5.41, 5.74) is 2.42. The molecule has 1 aromatic heterocycles. The van der Waals surface area contributed by atoms with E-state index in [2.05, 4.69) is 16.9 Å². The van der Waals surface area contributed by atoms with Crippen molar-refractivity contribution < 1.29 is 4.79 Å². The van der Waals surface area contributed by atoms with Crippen LogP contribution >= 0.6 is 0 Å². The van der Waals surface area contributed by atoms with Gasteiger partial charge in [-0.25, -0.2) is 14.7 Å². The molecule has 90 valence electrons. The molecule has 0 spiro atoms.